The number of benzene rings is 1. The second-order valence-electron chi connectivity index (χ2n) is 6.65. The van der Waals surface area contributed by atoms with Crippen LogP contribution in [0.25, 0.3) is 0 Å². The second kappa shape index (κ2) is 5.91. The lowest BCUT2D eigenvalue weighted by Gasteiger charge is -2.46. The van der Waals surface area contributed by atoms with Crippen molar-refractivity contribution in [3.63, 3.8) is 0 Å². The van der Waals surface area contributed by atoms with Gasteiger partial charge in [-0.25, -0.2) is 14.4 Å². The first-order chi connectivity index (χ1) is 11.8. The zero-order valence-electron chi connectivity index (χ0n) is 13.6. The number of rotatable bonds is 4. The van der Waals surface area contributed by atoms with E-state index in [0.717, 1.165) is 10.5 Å². The van der Waals surface area contributed by atoms with Crippen LogP contribution in [0.5, 0.6) is 0 Å². The van der Waals surface area contributed by atoms with Crippen LogP contribution in [0, 0.1) is 0 Å². The summed E-state index contributed by atoms with van der Waals surface area (Å²) in [6.45, 7) is 3.74. The molecule has 2 saturated heterocycles. The molecule has 2 unspecified atom stereocenters. The minimum absolute atomic E-state index is 0.0395. The number of fused-ring (bicyclic) bond motifs is 2. The van der Waals surface area contributed by atoms with Crippen LogP contribution >= 0.6 is 0 Å². The van der Waals surface area contributed by atoms with E-state index in [9.17, 15) is 24.6 Å². The lowest BCUT2D eigenvalue weighted by molar-refractivity contribution is -0.160. The monoisotopic (exact) mass is 345 g/mol. The van der Waals surface area contributed by atoms with Gasteiger partial charge in [-0.1, -0.05) is 42.5 Å². The summed E-state index contributed by atoms with van der Waals surface area (Å²) in [4.78, 5) is 37.5. The van der Waals surface area contributed by atoms with Crippen molar-refractivity contribution >= 4 is 18.0 Å². The van der Waals surface area contributed by atoms with Crippen LogP contribution in [0.1, 0.15) is 31.2 Å². The smallest absolute Gasteiger partial charge is 0.412 e. The Morgan fingerprint density at radius 2 is 1.56 bits per heavy atom. The first-order valence-corrected chi connectivity index (χ1v) is 7.96. The van der Waals surface area contributed by atoms with E-state index in [-0.39, 0.29) is 32.3 Å². The Morgan fingerprint density at radius 3 is 2.04 bits per heavy atom. The van der Waals surface area contributed by atoms with Crippen molar-refractivity contribution in [3.05, 3.63) is 48.0 Å². The summed E-state index contributed by atoms with van der Waals surface area (Å²) >= 11 is 0. The number of carbonyl (C=O) groups is 3. The maximum absolute atomic E-state index is 12.7. The highest BCUT2D eigenvalue weighted by atomic mass is 16.6. The number of nitrogens with zero attached hydrogens (tertiary/aromatic N) is 1. The fourth-order valence-electron chi connectivity index (χ4n) is 3.96. The summed E-state index contributed by atoms with van der Waals surface area (Å²) in [5, 5.41) is 19.5. The standard InChI is InChI=1S/C18H19NO6/c1-12-9-17(14(20)21)7-8-18(10-12,15(22)23)19(17)16(24)25-11-13-5-3-2-4-6-13/h2-6H,1,7-11H2,(H,20,21)(H,22,23). The summed E-state index contributed by atoms with van der Waals surface area (Å²) in [6, 6.07) is 8.92. The molecule has 3 rings (SSSR count). The van der Waals surface area contributed by atoms with Crippen molar-refractivity contribution in [3.8, 4) is 0 Å². The molecule has 1 aromatic rings. The predicted octanol–water partition coefficient (Wildman–Crippen LogP) is 2.42. The van der Waals surface area contributed by atoms with Crippen LogP contribution in [0.4, 0.5) is 4.79 Å². The Balaban J connectivity index is 1.92. The van der Waals surface area contributed by atoms with Gasteiger partial charge in [-0.15, -0.1) is 0 Å². The van der Waals surface area contributed by atoms with Gasteiger partial charge in [-0.05, 0) is 18.4 Å². The molecule has 2 heterocycles. The van der Waals surface area contributed by atoms with Gasteiger partial charge in [0.2, 0.25) is 0 Å². The van der Waals surface area contributed by atoms with Crippen LogP contribution in [0.3, 0.4) is 0 Å². The molecule has 25 heavy (non-hydrogen) atoms. The molecule has 1 aromatic carbocycles. The Kier molecular flexibility index (Phi) is 4.02. The van der Waals surface area contributed by atoms with Gasteiger partial charge < -0.3 is 14.9 Å². The van der Waals surface area contributed by atoms with Crippen LogP contribution in [0.15, 0.2) is 42.5 Å². The van der Waals surface area contributed by atoms with E-state index < -0.39 is 29.1 Å². The summed E-state index contributed by atoms with van der Waals surface area (Å²) in [7, 11) is 0. The molecule has 2 N–H and O–H groups in total. The second-order valence-corrected chi connectivity index (χ2v) is 6.65. The maximum atomic E-state index is 12.7. The van der Waals surface area contributed by atoms with E-state index in [1.807, 2.05) is 6.07 Å². The molecule has 2 atom stereocenters. The number of carboxylic acid groups (broad SMARTS) is 2. The van der Waals surface area contributed by atoms with Crippen molar-refractivity contribution in [2.75, 3.05) is 0 Å². The quantitative estimate of drug-likeness (QED) is 0.812. The van der Waals surface area contributed by atoms with Gasteiger partial charge in [-0.2, -0.15) is 0 Å². The van der Waals surface area contributed by atoms with Crippen LogP contribution < -0.4 is 0 Å². The molecule has 0 spiro atoms. The molecule has 2 aliphatic rings. The number of hydrogen-bond acceptors (Lipinski definition) is 4. The molecule has 2 fully saturated rings. The third-order valence-corrected chi connectivity index (χ3v) is 5.08. The number of hydrogen-bond donors (Lipinski definition) is 2. The summed E-state index contributed by atoms with van der Waals surface area (Å²) < 4.78 is 5.26. The van der Waals surface area contributed by atoms with E-state index in [4.69, 9.17) is 4.74 Å². The summed E-state index contributed by atoms with van der Waals surface area (Å²) in [6.07, 6.45) is -0.712. The summed E-state index contributed by atoms with van der Waals surface area (Å²) in [5.41, 5.74) is -1.96. The molecule has 0 aromatic heterocycles. The van der Waals surface area contributed by atoms with Crippen molar-refractivity contribution in [1.82, 2.24) is 4.90 Å². The zero-order chi connectivity index (χ0) is 18.2. The van der Waals surface area contributed by atoms with E-state index in [1.54, 1.807) is 24.3 Å². The molecule has 0 radical (unpaired) electrons. The average molecular weight is 345 g/mol. The van der Waals surface area contributed by atoms with Gasteiger partial charge in [0, 0.05) is 12.8 Å². The first kappa shape index (κ1) is 17.0. The van der Waals surface area contributed by atoms with E-state index in [0.29, 0.717) is 5.57 Å². The number of amides is 1. The van der Waals surface area contributed by atoms with Gasteiger partial charge in [0.25, 0.3) is 0 Å². The first-order valence-electron chi connectivity index (χ1n) is 7.96. The van der Waals surface area contributed by atoms with E-state index in [1.165, 1.54) is 0 Å². The van der Waals surface area contributed by atoms with Gasteiger partial charge in [0.1, 0.15) is 17.7 Å². The number of piperidine rings is 1. The largest absolute Gasteiger partial charge is 0.479 e. The minimum atomic E-state index is -1.61. The lowest BCUT2D eigenvalue weighted by Crippen LogP contribution is -2.66. The zero-order valence-corrected chi connectivity index (χ0v) is 13.6. The third-order valence-electron chi connectivity index (χ3n) is 5.08. The van der Waals surface area contributed by atoms with Crippen molar-refractivity contribution in [2.45, 2.75) is 43.4 Å². The molecule has 0 saturated carbocycles. The number of ether oxygens (including phenoxy) is 1. The van der Waals surface area contributed by atoms with Crippen molar-refractivity contribution < 1.29 is 29.3 Å². The molecule has 2 aliphatic heterocycles. The van der Waals surface area contributed by atoms with Gasteiger partial charge in [0.05, 0.1) is 0 Å². The topological polar surface area (TPSA) is 104 Å². The number of carboxylic acids is 2. The van der Waals surface area contributed by atoms with E-state index in [2.05, 4.69) is 6.58 Å². The van der Waals surface area contributed by atoms with E-state index >= 15 is 0 Å². The molecule has 2 bridgehead atoms. The molecule has 7 heteroatoms. The third kappa shape index (κ3) is 2.56. The SMILES string of the molecule is C=C1CC2(C(=O)O)CCC(C(=O)O)(C1)N2C(=O)OCc1ccccc1. The highest BCUT2D eigenvalue weighted by molar-refractivity contribution is 5.94. The molecule has 7 nitrogen and oxygen atoms in total. The van der Waals surface area contributed by atoms with Crippen LogP contribution in [0.2, 0.25) is 0 Å². The fraction of sp³-hybridized carbons (Fsp3) is 0.389. The number of aliphatic carboxylic acids is 2. The maximum Gasteiger partial charge on any atom is 0.412 e. The molecule has 0 aliphatic carbocycles. The predicted molar refractivity (Wildman–Crippen MR) is 86.8 cm³/mol. The normalized spacial score (nSPS) is 27.8. The minimum Gasteiger partial charge on any atom is -0.479 e. The Bertz CT molecular complexity index is 711. The Labute approximate surface area is 144 Å². The lowest BCUT2D eigenvalue weighted by atomic mass is 9.81. The van der Waals surface area contributed by atoms with Gasteiger partial charge in [-0.3, -0.25) is 4.90 Å². The van der Waals surface area contributed by atoms with Crippen LogP contribution in [-0.2, 0) is 20.9 Å². The molecular formula is C18H19NO6. The van der Waals surface area contributed by atoms with Gasteiger partial charge in [0.15, 0.2) is 0 Å². The highest BCUT2D eigenvalue weighted by Gasteiger charge is 2.68. The van der Waals surface area contributed by atoms with Crippen molar-refractivity contribution in [2.24, 2.45) is 0 Å². The Hall–Kier alpha value is -2.83. The molecule has 1 amide bonds. The highest BCUT2D eigenvalue weighted by Crippen LogP contribution is 2.53. The fourth-order valence-corrected chi connectivity index (χ4v) is 3.96. The van der Waals surface area contributed by atoms with Gasteiger partial charge >= 0.3 is 18.0 Å². The number of carbonyl (C=O) groups excluding carboxylic acids is 1. The molecular weight excluding hydrogens is 326 g/mol. The Morgan fingerprint density at radius 1 is 1.04 bits per heavy atom. The molecule has 132 valence electrons. The average Bonchev–Trinajstić information content (AvgIpc) is 2.81. The van der Waals surface area contributed by atoms with Crippen LogP contribution in [-0.4, -0.2) is 44.2 Å². The van der Waals surface area contributed by atoms with Crippen molar-refractivity contribution in [1.29, 1.82) is 0 Å². The summed E-state index contributed by atoms with van der Waals surface area (Å²) in [5.74, 6) is -2.46.